The van der Waals surface area contributed by atoms with Crippen LogP contribution in [0, 0.1) is 17.3 Å². The highest BCUT2D eigenvalue weighted by atomic mass is 32.2. The molecule has 5 aliphatic rings. The summed E-state index contributed by atoms with van der Waals surface area (Å²) >= 11 is 0. The Bertz CT molecular complexity index is 1680. The predicted molar refractivity (Wildman–Crippen MR) is 187 cm³/mol. The zero-order valence-corrected chi connectivity index (χ0v) is 30.9. The van der Waals surface area contributed by atoms with Gasteiger partial charge < -0.3 is 25.0 Å². The standard InChI is InChI=1S/C36H50N6O9S/c1-5-25-16-36(25,32(45)40-52(48,49)27-11-12-27)39-30(43)28-15-26(51-34(47)41-18-23-13-14-37-17-24(23)19-41)20-42(28)31(44)29(22-9-7-6-8-10-22)38-33(46)50-21-35(2,3)4/h5,13-14,17,22,25-29H,1,6-12,15-16,18-21H2,2-4H3,(H,38,46)(H,39,43)(H,40,45)/t25-,26-,28+,29+,36+/m1/s1. The second kappa shape index (κ2) is 14.7. The maximum absolute atomic E-state index is 14.6. The van der Waals surface area contributed by atoms with Crippen LogP contribution in [0.15, 0.2) is 31.1 Å². The molecule has 1 aromatic rings. The van der Waals surface area contributed by atoms with Gasteiger partial charge in [-0.1, -0.05) is 46.1 Å². The first-order chi connectivity index (χ1) is 24.6. The Hall–Kier alpha value is -4.21. The van der Waals surface area contributed by atoms with E-state index in [0.717, 1.165) is 30.4 Å². The monoisotopic (exact) mass is 742 g/mol. The molecule has 4 fully saturated rings. The van der Waals surface area contributed by atoms with Crippen LogP contribution in [-0.2, 0) is 47.0 Å². The summed E-state index contributed by atoms with van der Waals surface area (Å²) in [5, 5.41) is 4.91. The summed E-state index contributed by atoms with van der Waals surface area (Å²) in [4.78, 5) is 75.7. The van der Waals surface area contributed by atoms with Crippen molar-refractivity contribution < 1.29 is 41.9 Å². The van der Waals surface area contributed by atoms with E-state index in [4.69, 9.17) is 9.47 Å². The number of rotatable bonds is 11. The van der Waals surface area contributed by atoms with Crippen molar-refractivity contribution in [2.75, 3.05) is 13.2 Å². The molecule has 0 aromatic carbocycles. The molecule has 0 unspecified atom stereocenters. The Labute approximate surface area is 304 Å². The van der Waals surface area contributed by atoms with Crippen LogP contribution >= 0.6 is 0 Å². The first-order valence-electron chi connectivity index (χ1n) is 18.2. The third-order valence-corrected chi connectivity index (χ3v) is 12.5. The average Bonchev–Trinajstić information content (AvgIpc) is 4.00. The van der Waals surface area contributed by atoms with Gasteiger partial charge in [0.15, 0.2) is 0 Å². The first kappa shape index (κ1) is 37.5. The number of hydrogen-bond acceptors (Lipinski definition) is 10. The zero-order valence-electron chi connectivity index (χ0n) is 30.1. The number of carbonyl (C=O) groups excluding carboxylic acids is 5. The molecule has 15 nitrogen and oxygen atoms in total. The SMILES string of the molecule is C=C[C@@H]1C[C@@]1(NC(=O)[C@@H]1C[C@@H](OC(=O)N2Cc3ccncc3C2)CN1C(=O)[C@@H](NC(=O)OCC(C)(C)C)C1CCCCC1)C(=O)NS(=O)(=O)C1CC1. The summed E-state index contributed by atoms with van der Waals surface area (Å²) in [5.41, 5.74) is -0.0396. The molecule has 1 aromatic heterocycles. The van der Waals surface area contributed by atoms with Crippen molar-refractivity contribution >= 4 is 39.9 Å². The third kappa shape index (κ3) is 8.37. The maximum atomic E-state index is 14.6. The lowest BCUT2D eigenvalue weighted by Crippen LogP contribution is -2.59. The molecular weight excluding hydrogens is 692 g/mol. The number of nitrogens with zero attached hydrogens (tertiary/aromatic N) is 3. The Morgan fingerprint density at radius 3 is 2.42 bits per heavy atom. The topological polar surface area (TPSA) is 193 Å². The number of nitrogens with one attached hydrogen (secondary N) is 3. The highest BCUT2D eigenvalue weighted by molar-refractivity contribution is 7.91. The first-order valence-corrected chi connectivity index (χ1v) is 19.8. The Morgan fingerprint density at radius 2 is 1.79 bits per heavy atom. The highest BCUT2D eigenvalue weighted by Crippen LogP contribution is 2.45. The van der Waals surface area contributed by atoms with E-state index in [-0.39, 0.29) is 37.3 Å². The number of hydrogen-bond donors (Lipinski definition) is 3. The van der Waals surface area contributed by atoms with Crippen LogP contribution in [0.25, 0.3) is 0 Å². The van der Waals surface area contributed by atoms with Gasteiger partial charge in [-0.3, -0.25) is 29.0 Å². The number of fused-ring (bicyclic) bond motifs is 1. The molecule has 284 valence electrons. The Kier molecular flexibility index (Phi) is 10.6. The van der Waals surface area contributed by atoms with Gasteiger partial charge in [0.25, 0.3) is 5.91 Å². The van der Waals surface area contributed by atoms with Crippen LogP contribution in [0.4, 0.5) is 9.59 Å². The highest BCUT2D eigenvalue weighted by Gasteiger charge is 2.62. The lowest BCUT2D eigenvalue weighted by Gasteiger charge is -2.34. The summed E-state index contributed by atoms with van der Waals surface area (Å²) in [6.07, 6.45) is 7.65. The molecule has 1 saturated heterocycles. The van der Waals surface area contributed by atoms with Gasteiger partial charge in [-0.2, -0.15) is 0 Å². The number of likely N-dealkylation sites (tertiary alicyclic amines) is 1. The number of alkyl carbamates (subject to hydrolysis) is 1. The number of carbonyl (C=O) groups is 5. The maximum Gasteiger partial charge on any atom is 0.410 e. The van der Waals surface area contributed by atoms with Crippen molar-refractivity contribution in [3.8, 4) is 0 Å². The molecule has 5 atom stereocenters. The zero-order chi connectivity index (χ0) is 37.4. The largest absolute Gasteiger partial charge is 0.449 e. The van der Waals surface area contributed by atoms with Gasteiger partial charge in [-0.25, -0.2) is 18.0 Å². The van der Waals surface area contributed by atoms with Crippen molar-refractivity contribution in [1.82, 2.24) is 30.1 Å². The van der Waals surface area contributed by atoms with E-state index in [1.165, 1.54) is 15.9 Å². The van der Waals surface area contributed by atoms with Gasteiger partial charge in [0.1, 0.15) is 23.7 Å². The van der Waals surface area contributed by atoms with E-state index in [0.29, 0.717) is 38.8 Å². The molecule has 5 amide bonds. The van der Waals surface area contributed by atoms with Crippen molar-refractivity contribution in [3.05, 3.63) is 42.2 Å². The molecular formula is C36H50N6O9S. The number of amides is 5. The number of ether oxygens (including phenoxy) is 2. The summed E-state index contributed by atoms with van der Waals surface area (Å²) in [7, 11) is -3.91. The van der Waals surface area contributed by atoms with Crippen molar-refractivity contribution in [2.24, 2.45) is 17.3 Å². The molecule has 3 heterocycles. The van der Waals surface area contributed by atoms with Crippen molar-refractivity contribution in [1.29, 1.82) is 0 Å². The Balaban J connectivity index is 1.23. The third-order valence-electron chi connectivity index (χ3n) is 10.6. The van der Waals surface area contributed by atoms with Gasteiger partial charge >= 0.3 is 12.2 Å². The van der Waals surface area contributed by atoms with Gasteiger partial charge in [0, 0.05) is 31.3 Å². The van der Waals surface area contributed by atoms with Gasteiger partial charge in [0.05, 0.1) is 24.9 Å². The molecule has 2 aliphatic heterocycles. The second-order valence-corrected chi connectivity index (χ2v) is 18.0. The number of aromatic nitrogens is 1. The van der Waals surface area contributed by atoms with Gasteiger partial charge in [-0.15, -0.1) is 6.58 Å². The normalized spacial score (nSPS) is 26.5. The minimum Gasteiger partial charge on any atom is -0.449 e. The van der Waals surface area contributed by atoms with E-state index in [2.05, 4.69) is 26.9 Å². The van der Waals surface area contributed by atoms with E-state index in [9.17, 15) is 32.4 Å². The lowest BCUT2D eigenvalue weighted by molar-refractivity contribution is -0.142. The van der Waals surface area contributed by atoms with Crippen LogP contribution in [0.5, 0.6) is 0 Å². The fourth-order valence-corrected chi connectivity index (χ4v) is 8.80. The van der Waals surface area contributed by atoms with Crippen LogP contribution < -0.4 is 15.4 Å². The van der Waals surface area contributed by atoms with Gasteiger partial charge in [-0.05, 0) is 60.6 Å². The summed E-state index contributed by atoms with van der Waals surface area (Å²) in [6.45, 7) is 10.1. The van der Waals surface area contributed by atoms with Gasteiger partial charge in [0.2, 0.25) is 21.8 Å². The smallest absolute Gasteiger partial charge is 0.410 e. The fourth-order valence-electron chi connectivity index (χ4n) is 7.44. The van der Waals surface area contributed by atoms with Crippen molar-refractivity contribution in [3.63, 3.8) is 0 Å². The molecule has 3 aliphatic carbocycles. The van der Waals surface area contributed by atoms with E-state index in [1.807, 2.05) is 26.8 Å². The van der Waals surface area contributed by atoms with Crippen LogP contribution in [0.2, 0.25) is 0 Å². The Morgan fingerprint density at radius 1 is 1.08 bits per heavy atom. The molecule has 0 radical (unpaired) electrons. The number of pyridine rings is 1. The molecule has 3 N–H and O–H groups in total. The molecule has 52 heavy (non-hydrogen) atoms. The molecule has 0 spiro atoms. The number of sulfonamides is 1. The lowest BCUT2D eigenvalue weighted by atomic mass is 9.83. The average molecular weight is 743 g/mol. The van der Waals surface area contributed by atoms with Crippen LogP contribution in [-0.4, -0.2) is 95.2 Å². The summed E-state index contributed by atoms with van der Waals surface area (Å²) < 4.78 is 38.9. The van der Waals surface area contributed by atoms with Crippen molar-refractivity contribution in [2.45, 2.75) is 121 Å². The molecule has 6 rings (SSSR count). The van der Waals surface area contributed by atoms with Crippen LogP contribution in [0.3, 0.4) is 0 Å². The summed E-state index contributed by atoms with van der Waals surface area (Å²) in [5.74, 6) is -2.84. The minimum absolute atomic E-state index is 0.0751. The van der Waals surface area contributed by atoms with E-state index >= 15 is 0 Å². The fraction of sp³-hybridized carbons (Fsp3) is 0.667. The van der Waals surface area contributed by atoms with E-state index in [1.54, 1.807) is 12.4 Å². The van der Waals surface area contributed by atoms with E-state index < -0.39 is 74.8 Å². The van der Waals surface area contributed by atoms with Crippen LogP contribution in [0.1, 0.15) is 89.7 Å². The molecule has 16 heteroatoms. The second-order valence-electron chi connectivity index (χ2n) is 16.1. The molecule has 0 bridgehead atoms. The summed E-state index contributed by atoms with van der Waals surface area (Å²) in [6, 6.07) is -0.374. The predicted octanol–water partition coefficient (Wildman–Crippen LogP) is 2.89. The quantitative estimate of drug-likeness (QED) is 0.284. The molecule has 3 saturated carbocycles. The minimum atomic E-state index is -3.91.